The van der Waals surface area contributed by atoms with Crippen LogP contribution in [0.3, 0.4) is 0 Å². The number of nitrogen functional groups attached to an aromatic ring is 1. The van der Waals surface area contributed by atoms with Gasteiger partial charge < -0.3 is 15.5 Å². The van der Waals surface area contributed by atoms with Gasteiger partial charge in [0.1, 0.15) is 5.75 Å². The zero-order chi connectivity index (χ0) is 15.7. The van der Waals surface area contributed by atoms with Crippen LogP contribution in [0.25, 0.3) is 11.0 Å². The van der Waals surface area contributed by atoms with Crippen molar-refractivity contribution in [2.75, 3.05) is 12.8 Å². The lowest BCUT2D eigenvalue weighted by molar-refractivity contribution is 0.0914. The molecular weight excluding hydrogens is 282 g/mol. The number of methoxy groups -OCH3 is 1. The van der Waals surface area contributed by atoms with Gasteiger partial charge >= 0.3 is 5.69 Å². The van der Waals surface area contributed by atoms with Crippen LogP contribution in [0.15, 0.2) is 47.3 Å². The molecule has 0 aliphatic rings. The molecule has 0 aliphatic carbocycles. The molecular formula is C16H15N3O3. The minimum atomic E-state index is -0.472. The number of imidazole rings is 1. The Labute approximate surface area is 126 Å². The standard InChI is InChI=1S/C16H15N3O3/c1-22-14-5-3-2-4-10(14)8-15(20)19-13-9-11(17)6-7-12(13)18-16(19)21/h2-7,9H,8,17H2,1H3,(H,18,21). The Hall–Kier alpha value is -3.02. The summed E-state index contributed by atoms with van der Waals surface area (Å²) in [5.41, 5.74) is 7.53. The van der Waals surface area contributed by atoms with Gasteiger partial charge in [0.15, 0.2) is 0 Å². The van der Waals surface area contributed by atoms with Gasteiger partial charge in [-0.15, -0.1) is 0 Å². The SMILES string of the molecule is COc1ccccc1CC(=O)n1c(=O)[nH]c2ccc(N)cc21. The maximum atomic E-state index is 12.5. The first-order chi connectivity index (χ1) is 10.6. The third-order valence-corrected chi connectivity index (χ3v) is 3.49. The van der Waals surface area contributed by atoms with Crippen molar-refractivity contribution < 1.29 is 9.53 Å². The molecule has 0 aliphatic heterocycles. The molecule has 22 heavy (non-hydrogen) atoms. The Morgan fingerprint density at radius 1 is 1.27 bits per heavy atom. The number of fused-ring (bicyclic) bond motifs is 1. The molecule has 112 valence electrons. The lowest BCUT2D eigenvalue weighted by atomic mass is 10.1. The Morgan fingerprint density at radius 2 is 2.05 bits per heavy atom. The Balaban J connectivity index is 2.04. The average molecular weight is 297 g/mol. The lowest BCUT2D eigenvalue weighted by Crippen LogP contribution is -2.25. The molecule has 6 heteroatoms. The molecule has 3 aromatic rings. The summed E-state index contributed by atoms with van der Waals surface area (Å²) in [6, 6.07) is 12.2. The van der Waals surface area contributed by atoms with Crippen molar-refractivity contribution in [3.05, 3.63) is 58.5 Å². The van der Waals surface area contributed by atoms with Crippen molar-refractivity contribution in [3.63, 3.8) is 0 Å². The van der Waals surface area contributed by atoms with Crippen LogP contribution in [0.2, 0.25) is 0 Å². The van der Waals surface area contributed by atoms with Gasteiger partial charge in [0.2, 0.25) is 5.91 Å². The zero-order valence-electron chi connectivity index (χ0n) is 12.0. The van der Waals surface area contributed by atoms with E-state index in [2.05, 4.69) is 4.98 Å². The number of carbonyl (C=O) groups is 1. The van der Waals surface area contributed by atoms with E-state index >= 15 is 0 Å². The van der Waals surface area contributed by atoms with Crippen molar-refractivity contribution in [2.45, 2.75) is 6.42 Å². The number of hydrogen-bond donors (Lipinski definition) is 2. The average Bonchev–Trinajstić information content (AvgIpc) is 2.83. The van der Waals surface area contributed by atoms with Gasteiger partial charge in [-0.2, -0.15) is 0 Å². The first-order valence-corrected chi connectivity index (χ1v) is 6.75. The number of rotatable bonds is 3. The number of ether oxygens (including phenoxy) is 1. The maximum absolute atomic E-state index is 12.5. The highest BCUT2D eigenvalue weighted by molar-refractivity contribution is 5.92. The Morgan fingerprint density at radius 3 is 2.82 bits per heavy atom. The fourth-order valence-corrected chi connectivity index (χ4v) is 2.46. The van der Waals surface area contributed by atoms with E-state index in [0.717, 1.165) is 10.1 Å². The number of para-hydroxylation sites is 1. The molecule has 0 unspecified atom stereocenters. The van der Waals surface area contributed by atoms with Gasteiger partial charge in [-0.3, -0.25) is 4.79 Å². The molecule has 0 amide bonds. The minimum Gasteiger partial charge on any atom is -0.496 e. The summed E-state index contributed by atoms with van der Waals surface area (Å²) >= 11 is 0. The second kappa shape index (κ2) is 5.40. The van der Waals surface area contributed by atoms with Crippen LogP contribution in [-0.4, -0.2) is 22.6 Å². The van der Waals surface area contributed by atoms with Gasteiger partial charge in [0.05, 0.1) is 24.6 Å². The Bertz CT molecular complexity index is 908. The number of nitrogens with two attached hydrogens (primary N) is 1. The largest absolute Gasteiger partial charge is 0.496 e. The van der Waals surface area contributed by atoms with E-state index in [1.807, 2.05) is 12.1 Å². The molecule has 0 saturated carbocycles. The number of hydrogen-bond acceptors (Lipinski definition) is 4. The molecule has 1 heterocycles. The first kappa shape index (κ1) is 13.9. The van der Waals surface area contributed by atoms with Crippen molar-refractivity contribution in [2.24, 2.45) is 0 Å². The third kappa shape index (κ3) is 2.35. The maximum Gasteiger partial charge on any atom is 0.333 e. The number of nitrogens with zero attached hydrogens (tertiary/aromatic N) is 1. The number of aromatic nitrogens is 2. The van der Waals surface area contributed by atoms with E-state index in [1.54, 1.807) is 37.4 Å². The molecule has 6 nitrogen and oxygen atoms in total. The van der Waals surface area contributed by atoms with E-state index in [0.29, 0.717) is 22.5 Å². The van der Waals surface area contributed by atoms with Crippen molar-refractivity contribution in [3.8, 4) is 5.75 Å². The molecule has 0 spiro atoms. The number of H-pyrrole nitrogens is 1. The topological polar surface area (TPSA) is 90.1 Å². The number of anilines is 1. The molecule has 3 N–H and O–H groups in total. The van der Waals surface area contributed by atoms with Gasteiger partial charge in [-0.1, -0.05) is 18.2 Å². The third-order valence-electron chi connectivity index (χ3n) is 3.49. The monoisotopic (exact) mass is 297 g/mol. The molecule has 1 aromatic heterocycles. The summed E-state index contributed by atoms with van der Waals surface area (Å²) in [5.74, 6) is 0.273. The normalized spacial score (nSPS) is 10.8. The second-order valence-corrected chi connectivity index (χ2v) is 4.92. The van der Waals surface area contributed by atoms with E-state index in [9.17, 15) is 9.59 Å². The van der Waals surface area contributed by atoms with E-state index < -0.39 is 5.69 Å². The summed E-state index contributed by atoms with van der Waals surface area (Å²) in [4.78, 5) is 27.2. The van der Waals surface area contributed by atoms with Gasteiger partial charge in [0, 0.05) is 11.3 Å². The van der Waals surface area contributed by atoms with Crippen LogP contribution >= 0.6 is 0 Å². The van der Waals surface area contributed by atoms with Crippen molar-refractivity contribution >= 4 is 22.6 Å². The van der Waals surface area contributed by atoms with E-state index in [4.69, 9.17) is 10.5 Å². The van der Waals surface area contributed by atoms with Crippen LogP contribution < -0.4 is 16.2 Å². The summed E-state index contributed by atoms with van der Waals surface area (Å²) in [7, 11) is 1.54. The van der Waals surface area contributed by atoms with Crippen LogP contribution in [-0.2, 0) is 6.42 Å². The van der Waals surface area contributed by atoms with Gasteiger partial charge in [0.25, 0.3) is 0 Å². The quantitative estimate of drug-likeness (QED) is 0.721. The lowest BCUT2D eigenvalue weighted by Gasteiger charge is -2.08. The van der Waals surface area contributed by atoms with Crippen LogP contribution in [0.4, 0.5) is 5.69 Å². The molecule has 0 fully saturated rings. The van der Waals surface area contributed by atoms with Crippen molar-refractivity contribution in [1.29, 1.82) is 0 Å². The fraction of sp³-hybridized carbons (Fsp3) is 0.125. The summed E-state index contributed by atoms with van der Waals surface area (Å²) in [6.45, 7) is 0. The number of aromatic amines is 1. The molecule has 0 bridgehead atoms. The zero-order valence-corrected chi connectivity index (χ0v) is 12.0. The van der Waals surface area contributed by atoms with Crippen LogP contribution in [0, 0.1) is 0 Å². The molecule has 3 rings (SSSR count). The van der Waals surface area contributed by atoms with Gasteiger partial charge in [-0.25, -0.2) is 9.36 Å². The van der Waals surface area contributed by atoms with Crippen LogP contribution in [0.1, 0.15) is 10.4 Å². The highest BCUT2D eigenvalue weighted by Gasteiger charge is 2.16. The van der Waals surface area contributed by atoms with E-state index in [-0.39, 0.29) is 12.3 Å². The van der Waals surface area contributed by atoms with Gasteiger partial charge in [-0.05, 0) is 24.3 Å². The highest BCUT2D eigenvalue weighted by Crippen LogP contribution is 2.19. The highest BCUT2D eigenvalue weighted by atomic mass is 16.5. The summed E-state index contributed by atoms with van der Waals surface area (Å²) < 4.78 is 6.34. The fourth-order valence-electron chi connectivity index (χ4n) is 2.46. The number of nitrogens with one attached hydrogen (secondary N) is 1. The molecule has 0 radical (unpaired) electrons. The van der Waals surface area contributed by atoms with Crippen LogP contribution in [0.5, 0.6) is 5.75 Å². The molecule has 0 saturated heterocycles. The molecule has 0 atom stereocenters. The Kier molecular flexibility index (Phi) is 3.42. The summed E-state index contributed by atoms with van der Waals surface area (Å²) in [6.07, 6.45) is 0.0612. The first-order valence-electron chi connectivity index (χ1n) is 6.75. The predicted octanol–water partition coefficient (Wildman–Crippen LogP) is 1.80. The smallest absolute Gasteiger partial charge is 0.333 e. The number of benzene rings is 2. The van der Waals surface area contributed by atoms with E-state index in [1.165, 1.54) is 0 Å². The number of carbonyl (C=O) groups excluding carboxylic acids is 1. The minimum absolute atomic E-state index is 0.0612. The second-order valence-electron chi connectivity index (χ2n) is 4.92. The van der Waals surface area contributed by atoms with Crippen molar-refractivity contribution in [1.82, 2.24) is 9.55 Å². The molecule has 2 aromatic carbocycles. The predicted molar refractivity (Wildman–Crippen MR) is 84.3 cm³/mol. The summed E-state index contributed by atoms with van der Waals surface area (Å²) in [5, 5.41) is 0.